The summed E-state index contributed by atoms with van der Waals surface area (Å²) in [5.74, 6) is 1.02. The molecule has 0 bridgehead atoms. The Labute approximate surface area is 135 Å². The molecule has 0 fully saturated rings. The number of aryl methyl sites for hydroxylation is 1. The van der Waals surface area contributed by atoms with Crippen LogP contribution in [0.4, 0.5) is 4.39 Å². The van der Waals surface area contributed by atoms with Gasteiger partial charge >= 0.3 is 0 Å². The lowest BCUT2D eigenvalue weighted by Gasteiger charge is -2.15. The van der Waals surface area contributed by atoms with Crippen molar-refractivity contribution >= 4 is 17.3 Å². The summed E-state index contributed by atoms with van der Waals surface area (Å²) in [6.45, 7) is 5.40. The number of rotatable bonds is 5. The lowest BCUT2D eigenvalue weighted by molar-refractivity contribution is 0.617. The standard InChI is InChI=1S/C17H22FN3S/c1-12-9-14(6-7-15(12)18)11-21-17(19-3)20-10-13(2)16-5-4-8-22-16/h4-9,13H,10-11H2,1-3H3,(H2,19,20,21). The molecule has 2 aromatic rings. The van der Waals surface area contributed by atoms with Crippen LogP contribution >= 0.6 is 11.3 Å². The van der Waals surface area contributed by atoms with Gasteiger partial charge in [0, 0.05) is 30.9 Å². The molecule has 1 aromatic heterocycles. The first-order valence-corrected chi connectivity index (χ1v) is 8.21. The summed E-state index contributed by atoms with van der Waals surface area (Å²) in [5.41, 5.74) is 1.70. The predicted molar refractivity (Wildman–Crippen MR) is 92.1 cm³/mol. The maximum Gasteiger partial charge on any atom is 0.191 e. The van der Waals surface area contributed by atoms with Crippen molar-refractivity contribution in [1.29, 1.82) is 0 Å². The number of thiophene rings is 1. The maximum absolute atomic E-state index is 13.3. The lowest BCUT2D eigenvalue weighted by atomic mass is 10.1. The highest BCUT2D eigenvalue weighted by molar-refractivity contribution is 7.10. The molecule has 2 rings (SSSR count). The summed E-state index contributed by atoms with van der Waals surface area (Å²) in [4.78, 5) is 5.58. The molecule has 1 heterocycles. The van der Waals surface area contributed by atoms with Crippen LogP contribution in [0.25, 0.3) is 0 Å². The summed E-state index contributed by atoms with van der Waals surface area (Å²) < 4.78 is 13.3. The van der Waals surface area contributed by atoms with E-state index in [4.69, 9.17) is 0 Å². The van der Waals surface area contributed by atoms with Crippen molar-refractivity contribution in [3.8, 4) is 0 Å². The molecule has 0 radical (unpaired) electrons. The fourth-order valence-corrected chi connectivity index (χ4v) is 2.93. The molecule has 0 amide bonds. The van der Waals surface area contributed by atoms with Crippen LogP contribution < -0.4 is 10.6 Å². The van der Waals surface area contributed by atoms with Crippen molar-refractivity contribution in [2.24, 2.45) is 4.99 Å². The molecule has 0 aliphatic heterocycles. The van der Waals surface area contributed by atoms with E-state index in [1.807, 2.05) is 6.07 Å². The molecule has 0 spiro atoms. The molecule has 3 nitrogen and oxygen atoms in total. The van der Waals surface area contributed by atoms with Crippen LogP contribution in [0.3, 0.4) is 0 Å². The minimum atomic E-state index is -0.170. The van der Waals surface area contributed by atoms with E-state index < -0.39 is 0 Å². The number of guanidine groups is 1. The van der Waals surface area contributed by atoms with E-state index in [-0.39, 0.29) is 5.82 Å². The average Bonchev–Trinajstić information content (AvgIpc) is 3.05. The van der Waals surface area contributed by atoms with Gasteiger partial charge in [0.2, 0.25) is 0 Å². The highest BCUT2D eigenvalue weighted by Crippen LogP contribution is 2.19. The second-order valence-electron chi connectivity index (χ2n) is 5.31. The second kappa shape index (κ2) is 7.94. The number of halogens is 1. The minimum Gasteiger partial charge on any atom is -0.356 e. The molecule has 1 atom stereocenters. The fraction of sp³-hybridized carbons (Fsp3) is 0.353. The Kier molecular flexibility index (Phi) is 5.95. The van der Waals surface area contributed by atoms with Gasteiger partial charge in [0.15, 0.2) is 5.96 Å². The molecule has 22 heavy (non-hydrogen) atoms. The number of hydrogen-bond acceptors (Lipinski definition) is 2. The number of benzene rings is 1. The number of nitrogens with zero attached hydrogens (tertiary/aromatic N) is 1. The van der Waals surface area contributed by atoms with Crippen molar-refractivity contribution in [2.45, 2.75) is 26.3 Å². The molecule has 1 unspecified atom stereocenters. The van der Waals surface area contributed by atoms with Gasteiger partial charge in [-0.25, -0.2) is 4.39 Å². The van der Waals surface area contributed by atoms with E-state index in [0.717, 1.165) is 18.1 Å². The molecule has 0 saturated carbocycles. The number of nitrogens with one attached hydrogen (secondary N) is 2. The lowest BCUT2D eigenvalue weighted by Crippen LogP contribution is -2.38. The van der Waals surface area contributed by atoms with Crippen molar-refractivity contribution in [3.05, 3.63) is 57.5 Å². The Morgan fingerprint density at radius 1 is 1.32 bits per heavy atom. The smallest absolute Gasteiger partial charge is 0.191 e. The van der Waals surface area contributed by atoms with Gasteiger partial charge in [0.1, 0.15) is 5.82 Å². The summed E-state index contributed by atoms with van der Waals surface area (Å²) in [6.07, 6.45) is 0. The van der Waals surface area contributed by atoms with Gasteiger partial charge in [-0.15, -0.1) is 11.3 Å². The normalized spacial score (nSPS) is 13.0. The number of hydrogen-bond donors (Lipinski definition) is 2. The third kappa shape index (κ3) is 4.56. The number of aliphatic imine (C=N–C) groups is 1. The zero-order chi connectivity index (χ0) is 15.9. The predicted octanol–water partition coefficient (Wildman–Crippen LogP) is 3.66. The van der Waals surface area contributed by atoms with E-state index in [0.29, 0.717) is 18.0 Å². The largest absolute Gasteiger partial charge is 0.356 e. The van der Waals surface area contributed by atoms with Crippen molar-refractivity contribution in [3.63, 3.8) is 0 Å². The first-order chi connectivity index (χ1) is 10.6. The van der Waals surface area contributed by atoms with Crippen molar-refractivity contribution in [2.75, 3.05) is 13.6 Å². The van der Waals surface area contributed by atoms with Gasteiger partial charge in [0.05, 0.1) is 0 Å². The van der Waals surface area contributed by atoms with Gasteiger partial charge in [0.25, 0.3) is 0 Å². The zero-order valence-electron chi connectivity index (χ0n) is 13.2. The van der Waals surface area contributed by atoms with E-state index >= 15 is 0 Å². The minimum absolute atomic E-state index is 0.170. The summed E-state index contributed by atoms with van der Waals surface area (Å²) >= 11 is 1.77. The monoisotopic (exact) mass is 319 g/mol. The summed E-state index contributed by atoms with van der Waals surface area (Å²) in [6, 6.07) is 9.36. The van der Waals surface area contributed by atoms with Crippen LogP contribution in [0.15, 0.2) is 40.7 Å². The van der Waals surface area contributed by atoms with Crippen molar-refractivity contribution in [1.82, 2.24) is 10.6 Å². The van der Waals surface area contributed by atoms with Gasteiger partial charge in [-0.3, -0.25) is 4.99 Å². The molecule has 118 valence electrons. The Bertz CT molecular complexity index is 623. The Balaban J connectivity index is 1.83. The molecular formula is C17H22FN3S. The molecule has 2 N–H and O–H groups in total. The van der Waals surface area contributed by atoms with E-state index in [1.165, 1.54) is 10.9 Å². The molecule has 0 aliphatic rings. The highest BCUT2D eigenvalue weighted by atomic mass is 32.1. The Morgan fingerprint density at radius 3 is 2.77 bits per heavy atom. The third-order valence-corrected chi connectivity index (χ3v) is 4.61. The fourth-order valence-electron chi connectivity index (χ4n) is 2.15. The Hall–Kier alpha value is -1.88. The summed E-state index contributed by atoms with van der Waals surface area (Å²) in [7, 11) is 1.75. The van der Waals surface area contributed by atoms with Gasteiger partial charge < -0.3 is 10.6 Å². The van der Waals surface area contributed by atoms with Crippen LogP contribution in [-0.4, -0.2) is 19.6 Å². The zero-order valence-corrected chi connectivity index (χ0v) is 14.0. The topological polar surface area (TPSA) is 36.4 Å². The van der Waals surface area contributed by atoms with Gasteiger partial charge in [-0.05, 0) is 35.6 Å². The molecule has 0 saturated heterocycles. The van der Waals surface area contributed by atoms with Crippen LogP contribution in [-0.2, 0) is 6.54 Å². The first kappa shape index (κ1) is 16.5. The van der Waals surface area contributed by atoms with E-state index in [1.54, 1.807) is 31.4 Å². The average molecular weight is 319 g/mol. The van der Waals surface area contributed by atoms with E-state index in [2.05, 4.69) is 40.1 Å². The molecule has 1 aromatic carbocycles. The van der Waals surface area contributed by atoms with Crippen LogP contribution in [0.5, 0.6) is 0 Å². The molecular weight excluding hydrogens is 297 g/mol. The van der Waals surface area contributed by atoms with Crippen LogP contribution in [0.1, 0.15) is 28.8 Å². The van der Waals surface area contributed by atoms with Gasteiger partial charge in [-0.2, -0.15) is 0 Å². The van der Waals surface area contributed by atoms with Crippen molar-refractivity contribution < 1.29 is 4.39 Å². The van der Waals surface area contributed by atoms with Crippen LogP contribution in [0.2, 0.25) is 0 Å². The molecule has 5 heteroatoms. The molecule has 0 aliphatic carbocycles. The first-order valence-electron chi connectivity index (χ1n) is 7.33. The van der Waals surface area contributed by atoms with Gasteiger partial charge in [-0.1, -0.05) is 25.1 Å². The summed E-state index contributed by atoms with van der Waals surface area (Å²) in [5, 5.41) is 8.67. The quantitative estimate of drug-likeness (QED) is 0.652. The van der Waals surface area contributed by atoms with E-state index in [9.17, 15) is 4.39 Å². The maximum atomic E-state index is 13.3. The highest BCUT2D eigenvalue weighted by Gasteiger charge is 2.07. The van der Waals surface area contributed by atoms with Crippen LogP contribution in [0, 0.1) is 12.7 Å². The second-order valence-corrected chi connectivity index (χ2v) is 6.29. The Morgan fingerprint density at radius 2 is 2.14 bits per heavy atom. The third-order valence-electron chi connectivity index (χ3n) is 3.51. The SMILES string of the molecule is CN=C(NCc1ccc(F)c(C)c1)NCC(C)c1cccs1.